The lowest BCUT2D eigenvalue weighted by atomic mass is 9.91. The van der Waals surface area contributed by atoms with Crippen molar-refractivity contribution in [2.24, 2.45) is 5.73 Å². The maximum Gasteiger partial charge on any atom is 0.263 e. The summed E-state index contributed by atoms with van der Waals surface area (Å²) in [6, 6.07) is 4.91. The number of anilines is 2. The molecule has 5 N–H and O–H groups in total. The first kappa shape index (κ1) is 22.0. The van der Waals surface area contributed by atoms with Crippen LogP contribution in [0.1, 0.15) is 33.0 Å². The molecule has 0 radical (unpaired) electrons. The molecule has 174 valence electrons. The number of aryl methyl sites for hydroxylation is 2. The molecule has 10 heteroatoms. The number of halogens is 1. The van der Waals surface area contributed by atoms with Crippen LogP contribution in [0.15, 0.2) is 18.2 Å². The lowest BCUT2D eigenvalue weighted by molar-refractivity contribution is 0.0938. The Bertz CT molecular complexity index is 1230. The second-order valence-corrected chi connectivity index (χ2v) is 9.79. The van der Waals surface area contributed by atoms with Crippen LogP contribution in [0.4, 0.5) is 15.9 Å². The number of ether oxygens (including phenoxy) is 1. The number of nitrogens with two attached hydrogens (primary N) is 2. The quantitative estimate of drug-likeness (QED) is 0.535. The topological polar surface area (TPSA) is 119 Å². The third kappa shape index (κ3) is 4.03. The van der Waals surface area contributed by atoms with Crippen molar-refractivity contribution in [2.75, 3.05) is 30.8 Å². The van der Waals surface area contributed by atoms with Gasteiger partial charge in [0.05, 0.1) is 17.8 Å². The predicted molar refractivity (Wildman–Crippen MR) is 127 cm³/mol. The first-order valence-electron chi connectivity index (χ1n) is 11.0. The fraction of sp³-hybridized carbons (Fsp3) is 0.435. The normalized spacial score (nSPS) is 22.5. The SMILES string of the molecule is COC1CN(c2cc(F)c3c(n2)CCC(NC(=O)c2sc4nc(C)ccc4c2N)C3)CC1N. The molecular formula is C23H27FN6O2S. The second-order valence-electron chi connectivity index (χ2n) is 8.79. The van der Waals surface area contributed by atoms with Gasteiger partial charge in [0, 0.05) is 54.6 Å². The molecule has 1 aliphatic carbocycles. The van der Waals surface area contributed by atoms with Gasteiger partial charge in [0.25, 0.3) is 5.91 Å². The molecular weight excluding hydrogens is 443 g/mol. The molecule has 0 spiro atoms. The van der Waals surface area contributed by atoms with Crippen LogP contribution in [0.25, 0.3) is 10.2 Å². The van der Waals surface area contributed by atoms with Crippen molar-refractivity contribution in [1.29, 1.82) is 0 Å². The van der Waals surface area contributed by atoms with Gasteiger partial charge >= 0.3 is 0 Å². The largest absolute Gasteiger partial charge is 0.397 e. The molecule has 33 heavy (non-hydrogen) atoms. The summed E-state index contributed by atoms with van der Waals surface area (Å²) in [5.41, 5.74) is 14.9. The Labute approximate surface area is 195 Å². The third-order valence-corrected chi connectivity index (χ3v) is 7.65. The zero-order valence-electron chi connectivity index (χ0n) is 18.6. The molecule has 0 aromatic carbocycles. The standard InChI is InChI=1S/C23H27FN6O2S/c1-11-3-5-13-20(26)21(33-23(13)27-11)22(31)28-12-4-6-17-14(7-12)15(24)8-19(29-17)30-9-16(25)18(10-30)32-2/h3,5,8,12,16,18H,4,6-7,9-10,25-26H2,1-2H3,(H,28,31). The van der Waals surface area contributed by atoms with Gasteiger partial charge in [-0.15, -0.1) is 11.3 Å². The van der Waals surface area contributed by atoms with Crippen LogP contribution in [0, 0.1) is 12.7 Å². The molecule has 2 aliphatic rings. The number of hydrogen-bond donors (Lipinski definition) is 3. The van der Waals surface area contributed by atoms with Gasteiger partial charge < -0.3 is 26.4 Å². The fourth-order valence-corrected chi connectivity index (χ4v) is 5.73. The molecule has 4 heterocycles. The average Bonchev–Trinajstić information content (AvgIpc) is 3.33. The van der Waals surface area contributed by atoms with Crippen molar-refractivity contribution >= 4 is 39.0 Å². The van der Waals surface area contributed by atoms with Gasteiger partial charge in [-0.1, -0.05) is 0 Å². The number of nitrogen functional groups attached to an aromatic ring is 1. The highest BCUT2D eigenvalue weighted by molar-refractivity contribution is 7.21. The second kappa shape index (κ2) is 8.51. The summed E-state index contributed by atoms with van der Waals surface area (Å²) in [5, 5.41) is 3.82. The highest BCUT2D eigenvalue weighted by atomic mass is 32.1. The number of fused-ring (bicyclic) bond motifs is 2. The van der Waals surface area contributed by atoms with E-state index < -0.39 is 0 Å². The molecule has 1 fully saturated rings. The van der Waals surface area contributed by atoms with Crippen LogP contribution in [-0.4, -0.2) is 54.3 Å². The van der Waals surface area contributed by atoms with Gasteiger partial charge in [0.2, 0.25) is 0 Å². The van der Waals surface area contributed by atoms with Gasteiger partial charge in [0.15, 0.2) is 0 Å². The first-order valence-corrected chi connectivity index (χ1v) is 11.8. The van der Waals surface area contributed by atoms with Crippen LogP contribution in [0.5, 0.6) is 0 Å². The van der Waals surface area contributed by atoms with Crippen molar-refractivity contribution in [3.8, 4) is 0 Å². The number of rotatable bonds is 4. The monoisotopic (exact) mass is 470 g/mol. The molecule has 5 rings (SSSR count). The van der Waals surface area contributed by atoms with Crippen molar-refractivity contribution in [2.45, 2.75) is 44.4 Å². The number of amides is 1. The molecule has 1 saturated heterocycles. The number of nitrogens with zero attached hydrogens (tertiary/aromatic N) is 3. The molecule has 3 aromatic rings. The van der Waals surface area contributed by atoms with Crippen LogP contribution < -0.4 is 21.7 Å². The van der Waals surface area contributed by atoms with E-state index in [1.165, 1.54) is 17.4 Å². The lowest BCUT2D eigenvalue weighted by Gasteiger charge is -2.27. The maximum atomic E-state index is 15.1. The van der Waals surface area contributed by atoms with Gasteiger partial charge in [-0.05, 0) is 38.3 Å². The molecule has 3 atom stereocenters. The van der Waals surface area contributed by atoms with E-state index in [2.05, 4.69) is 10.3 Å². The summed E-state index contributed by atoms with van der Waals surface area (Å²) in [6.07, 6.45) is 1.56. The number of carbonyl (C=O) groups is 1. The molecule has 3 unspecified atom stereocenters. The predicted octanol–water partition coefficient (Wildman–Crippen LogP) is 2.17. The minimum atomic E-state index is -0.301. The molecule has 1 aliphatic heterocycles. The zero-order chi connectivity index (χ0) is 23.3. The summed E-state index contributed by atoms with van der Waals surface area (Å²) >= 11 is 1.28. The van der Waals surface area contributed by atoms with Crippen molar-refractivity contribution in [1.82, 2.24) is 15.3 Å². The Morgan fingerprint density at radius 3 is 2.91 bits per heavy atom. The molecule has 0 bridgehead atoms. The third-order valence-electron chi connectivity index (χ3n) is 6.53. The van der Waals surface area contributed by atoms with E-state index >= 15 is 4.39 Å². The van der Waals surface area contributed by atoms with E-state index in [0.717, 1.165) is 21.6 Å². The zero-order valence-corrected chi connectivity index (χ0v) is 19.4. The fourth-order valence-electron chi connectivity index (χ4n) is 4.69. The molecule has 1 amide bonds. The highest BCUT2D eigenvalue weighted by Crippen LogP contribution is 2.33. The number of pyridine rings is 2. The molecule has 0 saturated carbocycles. The van der Waals surface area contributed by atoms with E-state index in [0.29, 0.717) is 54.3 Å². The van der Waals surface area contributed by atoms with Gasteiger partial charge in [-0.3, -0.25) is 4.79 Å². The maximum absolute atomic E-state index is 15.1. The summed E-state index contributed by atoms with van der Waals surface area (Å²) in [5.74, 6) is 0.0391. The number of hydrogen-bond acceptors (Lipinski definition) is 8. The summed E-state index contributed by atoms with van der Waals surface area (Å²) in [4.78, 5) is 25.3. The van der Waals surface area contributed by atoms with Crippen LogP contribution in [0.2, 0.25) is 0 Å². The van der Waals surface area contributed by atoms with E-state index in [1.807, 2.05) is 24.0 Å². The first-order chi connectivity index (χ1) is 15.8. The Balaban J connectivity index is 1.31. The van der Waals surface area contributed by atoms with Crippen molar-refractivity contribution in [3.63, 3.8) is 0 Å². The number of aromatic nitrogens is 2. The number of carbonyl (C=O) groups excluding carboxylic acids is 1. The summed E-state index contributed by atoms with van der Waals surface area (Å²) in [6.45, 7) is 3.07. The Morgan fingerprint density at radius 1 is 1.33 bits per heavy atom. The van der Waals surface area contributed by atoms with Crippen LogP contribution in [0.3, 0.4) is 0 Å². The molecule has 3 aromatic heterocycles. The average molecular weight is 471 g/mol. The van der Waals surface area contributed by atoms with E-state index in [9.17, 15) is 4.79 Å². The van der Waals surface area contributed by atoms with Gasteiger partial charge in [-0.25, -0.2) is 14.4 Å². The highest BCUT2D eigenvalue weighted by Gasteiger charge is 2.33. The summed E-state index contributed by atoms with van der Waals surface area (Å²) < 4.78 is 20.5. The number of thiophene rings is 1. The van der Waals surface area contributed by atoms with Gasteiger partial charge in [0.1, 0.15) is 21.3 Å². The lowest BCUT2D eigenvalue weighted by Crippen LogP contribution is -2.39. The van der Waals surface area contributed by atoms with Gasteiger partial charge in [-0.2, -0.15) is 0 Å². The minimum absolute atomic E-state index is 0.0917. The van der Waals surface area contributed by atoms with Crippen LogP contribution >= 0.6 is 11.3 Å². The van der Waals surface area contributed by atoms with Crippen molar-refractivity contribution in [3.05, 3.63) is 45.8 Å². The Hall–Kier alpha value is -2.82. The number of nitrogens with one attached hydrogen (secondary N) is 1. The Morgan fingerprint density at radius 2 is 2.15 bits per heavy atom. The van der Waals surface area contributed by atoms with E-state index in [1.54, 1.807) is 7.11 Å². The minimum Gasteiger partial charge on any atom is -0.397 e. The molecule has 8 nitrogen and oxygen atoms in total. The van der Waals surface area contributed by atoms with Crippen LogP contribution in [-0.2, 0) is 17.6 Å². The number of methoxy groups -OCH3 is 1. The smallest absolute Gasteiger partial charge is 0.263 e. The van der Waals surface area contributed by atoms with E-state index in [-0.39, 0.29) is 29.9 Å². The van der Waals surface area contributed by atoms with Crippen molar-refractivity contribution < 1.29 is 13.9 Å². The van der Waals surface area contributed by atoms with E-state index in [4.69, 9.17) is 21.2 Å². The summed E-state index contributed by atoms with van der Waals surface area (Å²) in [7, 11) is 1.63. The Kier molecular flexibility index (Phi) is 5.67.